The first kappa shape index (κ1) is 15.3. The number of hydrogen-bond acceptors (Lipinski definition) is 4. The number of amides is 1. The van der Waals surface area contributed by atoms with E-state index >= 15 is 0 Å². The van der Waals surface area contributed by atoms with Crippen molar-refractivity contribution in [1.29, 1.82) is 0 Å². The number of carbonyl (C=O) groups excluding carboxylic acids is 1. The van der Waals surface area contributed by atoms with Crippen molar-refractivity contribution in [3.05, 3.63) is 53.9 Å². The molecule has 1 fully saturated rings. The van der Waals surface area contributed by atoms with Crippen LogP contribution < -0.4 is 9.47 Å². The van der Waals surface area contributed by atoms with E-state index in [9.17, 15) is 4.79 Å². The topological polar surface area (TPSA) is 51.7 Å². The summed E-state index contributed by atoms with van der Waals surface area (Å²) in [5, 5.41) is 0. The van der Waals surface area contributed by atoms with Crippen LogP contribution in [0.5, 0.6) is 11.5 Å². The van der Waals surface area contributed by atoms with E-state index in [0.29, 0.717) is 5.56 Å². The molecule has 1 amide bonds. The lowest BCUT2D eigenvalue weighted by molar-refractivity contribution is 0.0734. The Kier molecular flexibility index (Phi) is 4.46. The van der Waals surface area contributed by atoms with Crippen LogP contribution in [0.15, 0.2) is 42.7 Å². The average molecular weight is 312 g/mol. The van der Waals surface area contributed by atoms with Crippen LogP contribution in [0.2, 0.25) is 0 Å². The molecule has 23 heavy (non-hydrogen) atoms. The molecular formula is C18H20N2O3. The van der Waals surface area contributed by atoms with Gasteiger partial charge in [0, 0.05) is 30.1 Å². The van der Waals surface area contributed by atoms with Crippen molar-refractivity contribution in [2.24, 2.45) is 0 Å². The number of carbonyl (C=O) groups is 1. The van der Waals surface area contributed by atoms with Crippen LogP contribution in [-0.4, -0.2) is 36.6 Å². The summed E-state index contributed by atoms with van der Waals surface area (Å²) in [6.45, 7) is 0.742. The number of benzene rings is 1. The lowest BCUT2D eigenvalue weighted by Gasteiger charge is -2.26. The number of rotatable bonds is 4. The minimum Gasteiger partial charge on any atom is -0.497 e. The number of ether oxygens (including phenoxy) is 2. The summed E-state index contributed by atoms with van der Waals surface area (Å²) < 4.78 is 10.8. The van der Waals surface area contributed by atoms with E-state index < -0.39 is 0 Å². The van der Waals surface area contributed by atoms with Crippen molar-refractivity contribution in [2.75, 3.05) is 20.8 Å². The summed E-state index contributed by atoms with van der Waals surface area (Å²) in [6, 6.07) is 9.22. The van der Waals surface area contributed by atoms with Crippen molar-refractivity contribution in [3.8, 4) is 11.5 Å². The van der Waals surface area contributed by atoms with Crippen LogP contribution in [0.4, 0.5) is 0 Å². The van der Waals surface area contributed by atoms with E-state index in [0.717, 1.165) is 36.4 Å². The second-order valence-corrected chi connectivity index (χ2v) is 5.50. The van der Waals surface area contributed by atoms with E-state index in [1.807, 2.05) is 23.1 Å². The zero-order chi connectivity index (χ0) is 16.2. The second kappa shape index (κ2) is 6.69. The molecule has 2 aromatic rings. The lowest BCUT2D eigenvalue weighted by atomic mass is 10.0. The Hall–Kier alpha value is -2.56. The fraction of sp³-hybridized carbons (Fsp3) is 0.333. The van der Waals surface area contributed by atoms with Crippen molar-refractivity contribution in [2.45, 2.75) is 18.9 Å². The van der Waals surface area contributed by atoms with Gasteiger partial charge in [-0.2, -0.15) is 0 Å². The number of pyridine rings is 1. The molecule has 1 saturated heterocycles. The Morgan fingerprint density at radius 2 is 1.96 bits per heavy atom. The maximum Gasteiger partial charge on any atom is 0.254 e. The Morgan fingerprint density at radius 3 is 2.65 bits per heavy atom. The number of hydrogen-bond donors (Lipinski definition) is 0. The number of nitrogens with zero attached hydrogens (tertiary/aromatic N) is 2. The molecule has 1 aliphatic heterocycles. The zero-order valence-corrected chi connectivity index (χ0v) is 13.4. The fourth-order valence-corrected chi connectivity index (χ4v) is 3.09. The van der Waals surface area contributed by atoms with Gasteiger partial charge in [0.05, 0.1) is 20.3 Å². The zero-order valence-electron chi connectivity index (χ0n) is 13.4. The molecule has 0 spiro atoms. The minimum atomic E-state index is 0.000662. The first-order valence-corrected chi connectivity index (χ1v) is 7.67. The van der Waals surface area contributed by atoms with Gasteiger partial charge in [0.25, 0.3) is 5.91 Å². The van der Waals surface area contributed by atoms with Crippen molar-refractivity contribution < 1.29 is 14.3 Å². The van der Waals surface area contributed by atoms with Crippen molar-refractivity contribution in [3.63, 3.8) is 0 Å². The Labute approximate surface area is 135 Å². The minimum absolute atomic E-state index is 0.000662. The second-order valence-electron chi connectivity index (χ2n) is 5.50. The molecule has 1 aliphatic rings. The molecule has 3 rings (SSSR count). The summed E-state index contributed by atoms with van der Waals surface area (Å²) in [6.07, 6.45) is 5.18. The summed E-state index contributed by atoms with van der Waals surface area (Å²) in [5.74, 6) is 1.58. The molecule has 0 bridgehead atoms. The van der Waals surface area contributed by atoms with E-state index in [-0.39, 0.29) is 11.9 Å². The predicted octanol–water partition coefficient (Wildman–Crippen LogP) is 3.08. The number of methoxy groups -OCH3 is 2. The van der Waals surface area contributed by atoms with Gasteiger partial charge >= 0.3 is 0 Å². The first-order valence-electron chi connectivity index (χ1n) is 7.67. The molecule has 5 heteroatoms. The van der Waals surface area contributed by atoms with Crippen LogP contribution in [-0.2, 0) is 0 Å². The largest absolute Gasteiger partial charge is 0.497 e. The summed E-state index contributed by atoms with van der Waals surface area (Å²) >= 11 is 0. The van der Waals surface area contributed by atoms with Gasteiger partial charge in [0.15, 0.2) is 0 Å². The van der Waals surface area contributed by atoms with E-state index in [4.69, 9.17) is 9.47 Å². The van der Waals surface area contributed by atoms with Crippen molar-refractivity contribution >= 4 is 5.91 Å². The third-order valence-corrected chi connectivity index (χ3v) is 4.24. The summed E-state index contributed by atoms with van der Waals surface area (Å²) in [4.78, 5) is 18.7. The average Bonchev–Trinajstić information content (AvgIpc) is 3.10. The third-order valence-electron chi connectivity index (χ3n) is 4.24. The highest BCUT2D eigenvalue weighted by molar-refractivity contribution is 5.94. The lowest BCUT2D eigenvalue weighted by Crippen LogP contribution is -2.30. The molecule has 1 atom stereocenters. The van der Waals surface area contributed by atoms with Gasteiger partial charge in [0.2, 0.25) is 0 Å². The molecule has 5 nitrogen and oxygen atoms in total. The summed E-state index contributed by atoms with van der Waals surface area (Å²) in [7, 11) is 3.29. The van der Waals surface area contributed by atoms with Gasteiger partial charge in [-0.15, -0.1) is 0 Å². The standard InChI is InChI=1S/C18H20N2O3/c1-22-14-5-6-17(23-2)15(12-14)16-4-3-11-20(16)18(21)13-7-9-19-10-8-13/h5-10,12,16H,3-4,11H2,1-2H3/t16-/m0/s1. The smallest absolute Gasteiger partial charge is 0.254 e. The van der Waals surface area contributed by atoms with Gasteiger partial charge in [0.1, 0.15) is 11.5 Å². The summed E-state index contributed by atoms with van der Waals surface area (Å²) in [5.41, 5.74) is 1.65. The van der Waals surface area contributed by atoms with Gasteiger partial charge in [-0.05, 0) is 43.2 Å². The molecule has 0 radical (unpaired) electrons. The van der Waals surface area contributed by atoms with E-state index in [1.54, 1.807) is 38.7 Å². The molecule has 0 aliphatic carbocycles. The molecule has 0 N–H and O–H groups in total. The predicted molar refractivity (Wildman–Crippen MR) is 86.8 cm³/mol. The molecule has 1 aromatic heterocycles. The molecule has 2 heterocycles. The van der Waals surface area contributed by atoms with Crippen LogP contribution in [0.1, 0.15) is 34.8 Å². The molecule has 1 aromatic carbocycles. The highest BCUT2D eigenvalue weighted by atomic mass is 16.5. The highest BCUT2D eigenvalue weighted by Crippen LogP contribution is 2.39. The maximum absolute atomic E-state index is 12.8. The van der Waals surface area contributed by atoms with Crippen LogP contribution in [0, 0.1) is 0 Å². The highest BCUT2D eigenvalue weighted by Gasteiger charge is 2.32. The first-order chi connectivity index (χ1) is 11.2. The van der Waals surface area contributed by atoms with E-state index in [2.05, 4.69) is 4.98 Å². The van der Waals surface area contributed by atoms with Gasteiger partial charge < -0.3 is 14.4 Å². The molecule has 0 saturated carbocycles. The van der Waals surface area contributed by atoms with Gasteiger partial charge in [-0.1, -0.05) is 0 Å². The van der Waals surface area contributed by atoms with Crippen LogP contribution >= 0.6 is 0 Å². The van der Waals surface area contributed by atoms with Gasteiger partial charge in [-0.25, -0.2) is 0 Å². The van der Waals surface area contributed by atoms with Crippen LogP contribution in [0.3, 0.4) is 0 Å². The normalized spacial score (nSPS) is 17.1. The molecule has 0 unspecified atom stereocenters. The van der Waals surface area contributed by atoms with Crippen molar-refractivity contribution in [1.82, 2.24) is 9.88 Å². The maximum atomic E-state index is 12.8. The quantitative estimate of drug-likeness (QED) is 0.870. The molecule has 120 valence electrons. The SMILES string of the molecule is COc1ccc(OC)c([C@@H]2CCCN2C(=O)c2ccncc2)c1. The number of aromatic nitrogens is 1. The number of likely N-dealkylation sites (tertiary alicyclic amines) is 1. The fourth-order valence-electron chi connectivity index (χ4n) is 3.09. The third kappa shape index (κ3) is 2.99. The van der Waals surface area contributed by atoms with Crippen LogP contribution in [0.25, 0.3) is 0 Å². The monoisotopic (exact) mass is 312 g/mol. The Bertz CT molecular complexity index is 688. The van der Waals surface area contributed by atoms with Gasteiger partial charge in [-0.3, -0.25) is 9.78 Å². The Balaban J connectivity index is 1.94. The molecular weight excluding hydrogens is 292 g/mol. The Morgan fingerprint density at radius 1 is 1.17 bits per heavy atom. The van der Waals surface area contributed by atoms with E-state index in [1.165, 1.54) is 0 Å².